The Morgan fingerprint density at radius 3 is 2.24 bits per heavy atom. The van der Waals surface area contributed by atoms with Gasteiger partial charge in [0.05, 0.1) is 25.7 Å². The lowest BCUT2D eigenvalue weighted by molar-refractivity contribution is 0.351. The van der Waals surface area contributed by atoms with Gasteiger partial charge < -0.3 is 9.47 Å². The molecular formula is C21H22F2O2. The van der Waals surface area contributed by atoms with E-state index in [0.29, 0.717) is 11.5 Å². The number of methoxy groups -OCH3 is 2. The summed E-state index contributed by atoms with van der Waals surface area (Å²) in [5.74, 6) is 5.83. The molecule has 0 radical (unpaired) electrons. The number of hydrogen-bond acceptors (Lipinski definition) is 2. The maximum absolute atomic E-state index is 13.9. The van der Waals surface area contributed by atoms with Gasteiger partial charge in [0.1, 0.15) is 23.1 Å². The summed E-state index contributed by atoms with van der Waals surface area (Å²) in [7, 11) is 3.18. The highest BCUT2D eigenvalue weighted by Crippen LogP contribution is 2.40. The van der Waals surface area contributed by atoms with Crippen molar-refractivity contribution in [2.75, 3.05) is 14.2 Å². The van der Waals surface area contributed by atoms with Crippen molar-refractivity contribution < 1.29 is 18.3 Å². The second-order valence-corrected chi connectivity index (χ2v) is 6.80. The molecule has 0 N–H and O–H groups in total. The molecule has 0 aliphatic heterocycles. The molecule has 0 heterocycles. The summed E-state index contributed by atoms with van der Waals surface area (Å²) >= 11 is 0. The van der Waals surface area contributed by atoms with Crippen LogP contribution >= 0.6 is 0 Å². The second-order valence-electron chi connectivity index (χ2n) is 6.80. The molecule has 132 valence electrons. The van der Waals surface area contributed by atoms with Crippen LogP contribution in [0.25, 0.3) is 0 Å². The van der Waals surface area contributed by atoms with Crippen molar-refractivity contribution in [1.29, 1.82) is 0 Å². The van der Waals surface area contributed by atoms with Gasteiger partial charge in [-0.3, -0.25) is 0 Å². The molecule has 0 aliphatic carbocycles. The van der Waals surface area contributed by atoms with Gasteiger partial charge in [0, 0.05) is 17.7 Å². The van der Waals surface area contributed by atoms with Crippen LogP contribution in [0.3, 0.4) is 0 Å². The van der Waals surface area contributed by atoms with Crippen LogP contribution in [0.2, 0.25) is 0 Å². The highest BCUT2D eigenvalue weighted by molar-refractivity contribution is 5.48. The van der Waals surface area contributed by atoms with Crippen molar-refractivity contribution in [3.8, 4) is 23.3 Å². The summed E-state index contributed by atoms with van der Waals surface area (Å²) in [6.45, 7) is 6.16. The Balaban J connectivity index is 2.51. The molecule has 0 aliphatic rings. The topological polar surface area (TPSA) is 18.5 Å². The first-order valence-electron chi connectivity index (χ1n) is 7.94. The summed E-state index contributed by atoms with van der Waals surface area (Å²) in [6.07, 6.45) is 0. The summed E-state index contributed by atoms with van der Waals surface area (Å²) in [6, 6.07) is 8.94. The van der Waals surface area contributed by atoms with Crippen molar-refractivity contribution in [2.45, 2.75) is 26.7 Å². The van der Waals surface area contributed by atoms with Crippen LogP contribution in [0.15, 0.2) is 36.4 Å². The third-order valence-corrected chi connectivity index (χ3v) is 3.90. The molecule has 2 aromatic carbocycles. The van der Waals surface area contributed by atoms with Crippen molar-refractivity contribution in [3.05, 3.63) is 59.2 Å². The van der Waals surface area contributed by atoms with Crippen molar-refractivity contribution in [2.24, 2.45) is 5.41 Å². The zero-order valence-corrected chi connectivity index (χ0v) is 15.1. The maximum Gasteiger partial charge on any atom is 0.141 e. The lowest BCUT2D eigenvalue weighted by atomic mass is 9.76. The quantitative estimate of drug-likeness (QED) is 0.716. The summed E-state index contributed by atoms with van der Waals surface area (Å²) < 4.78 is 37.6. The van der Waals surface area contributed by atoms with E-state index in [-0.39, 0.29) is 16.9 Å². The van der Waals surface area contributed by atoms with Crippen LogP contribution in [-0.4, -0.2) is 14.2 Å². The van der Waals surface area contributed by atoms with Crippen LogP contribution in [0.1, 0.15) is 37.8 Å². The molecule has 0 saturated carbocycles. The van der Waals surface area contributed by atoms with E-state index in [4.69, 9.17) is 9.47 Å². The van der Waals surface area contributed by atoms with E-state index in [1.807, 2.05) is 12.1 Å². The summed E-state index contributed by atoms with van der Waals surface area (Å²) in [4.78, 5) is 0. The van der Waals surface area contributed by atoms with Gasteiger partial charge in [-0.15, -0.1) is 0 Å². The number of rotatable bonds is 3. The van der Waals surface area contributed by atoms with Crippen LogP contribution in [0, 0.1) is 28.9 Å². The fourth-order valence-corrected chi connectivity index (χ4v) is 2.56. The number of benzene rings is 2. The minimum atomic E-state index is -0.665. The first-order valence-corrected chi connectivity index (χ1v) is 7.94. The van der Waals surface area contributed by atoms with E-state index < -0.39 is 11.6 Å². The Morgan fingerprint density at radius 2 is 1.68 bits per heavy atom. The molecule has 2 rings (SSSR count). The van der Waals surface area contributed by atoms with Gasteiger partial charge in [0.15, 0.2) is 0 Å². The lowest BCUT2D eigenvalue weighted by Crippen LogP contribution is -2.18. The highest BCUT2D eigenvalue weighted by atomic mass is 19.1. The Kier molecular flexibility index (Phi) is 5.69. The molecule has 1 atom stereocenters. The van der Waals surface area contributed by atoms with Crippen molar-refractivity contribution >= 4 is 0 Å². The van der Waals surface area contributed by atoms with Gasteiger partial charge in [-0.25, -0.2) is 8.78 Å². The molecule has 0 spiro atoms. The average Bonchev–Trinajstić information content (AvgIpc) is 2.55. The molecule has 1 unspecified atom stereocenters. The van der Waals surface area contributed by atoms with Gasteiger partial charge in [-0.05, 0) is 23.6 Å². The molecule has 25 heavy (non-hydrogen) atoms. The molecule has 0 amide bonds. The molecule has 2 aromatic rings. The number of ether oxygens (including phenoxy) is 2. The van der Waals surface area contributed by atoms with Gasteiger partial charge in [0.2, 0.25) is 0 Å². The number of hydrogen-bond donors (Lipinski definition) is 0. The molecular weight excluding hydrogens is 322 g/mol. The van der Waals surface area contributed by atoms with E-state index in [1.165, 1.54) is 12.1 Å². The van der Waals surface area contributed by atoms with Crippen LogP contribution in [0.5, 0.6) is 11.5 Å². The second kappa shape index (κ2) is 7.57. The predicted molar refractivity (Wildman–Crippen MR) is 95.0 cm³/mol. The first kappa shape index (κ1) is 18.8. The Hall–Kier alpha value is -2.54. The van der Waals surface area contributed by atoms with E-state index in [0.717, 1.165) is 11.6 Å². The smallest absolute Gasteiger partial charge is 0.141 e. The van der Waals surface area contributed by atoms with E-state index >= 15 is 0 Å². The zero-order chi connectivity index (χ0) is 18.6. The molecule has 0 fully saturated rings. The monoisotopic (exact) mass is 344 g/mol. The zero-order valence-electron chi connectivity index (χ0n) is 15.1. The average molecular weight is 344 g/mol. The van der Waals surface area contributed by atoms with Crippen LogP contribution < -0.4 is 9.47 Å². The standard InChI is InChI=1S/C21H22F2O2/c1-21(2,3)18(11-7-14-6-8-15(22)12-19(14)23)17-10-9-16(24-4)13-20(17)25-5/h6,8-10,12-13,18H,1-5H3. The van der Waals surface area contributed by atoms with Gasteiger partial charge >= 0.3 is 0 Å². The fourth-order valence-electron chi connectivity index (χ4n) is 2.56. The summed E-state index contributed by atoms with van der Waals surface area (Å²) in [5, 5.41) is 0. The van der Waals surface area contributed by atoms with Gasteiger partial charge in [-0.2, -0.15) is 0 Å². The third-order valence-electron chi connectivity index (χ3n) is 3.90. The van der Waals surface area contributed by atoms with Gasteiger partial charge in [0.25, 0.3) is 0 Å². The Morgan fingerprint density at radius 1 is 0.960 bits per heavy atom. The first-order chi connectivity index (χ1) is 11.8. The number of halogens is 2. The van der Waals surface area contributed by atoms with Gasteiger partial charge in [-0.1, -0.05) is 38.7 Å². The van der Waals surface area contributed by atoms with Crippen LogP contribution in [0.4, 0.5) is 8.78 Å². The Labute approximate surface area is 147 Å². The molecule has 0 bridgehead atoms. The van der Waals surface area contributed by atoms with E-state index in [2.05, 4.69) is 32.6 Å². The molecule has 0 aromatic heterocycles. The largest absolute Gasteiger partial charge is 0.497 e. The Bertz CT molecular complexity index is 811. The minimum absolute atomic E-state index is 0.170. The van der Waals surface area contributed by atoms with Crippen LogP contribution in [-0.2, 0) is 0 Å². The fraction of sp³-hybridized carbons (Fsp3) is 0.333. The predicted octanol–water partition coefficient (Wildman–Crippen LogP) is 5.16. The molecule has 4 heteroatoms. The van der Waals surface area contributed by atoms with E-state index in [1.54, 1.807) is 20.3 Å². The van der Waals surface area contributed by atoms with Crippen molar-refractivity contribution in [3.63, 3.8) is 0 Å². The third kappa shape index (κ3) is 4.51. The highest BCUT2D eigenvalue weighted by Gasteiger charge is 2.27. The molecule has 0 saturated heterocycles. The normalized spacial score (nSPS) is 12.1. The SMILES string of the molecule is COc1ccc(C(C#Cc2ccc(F)cc2F)C(C)(C)C)c(OC)c1. The van der Waals surface area contributed by atoms with E-state index in [9.17, 15) is 8.78 Å². The lowest BCUT2D eigenvalue weighted by Gasteiger charge is -2.28. The minimum Gasteiger partial charge on any atom is -0.497 e. The summed E-state index contributed by atoms with van der Waals surface area (Å²) in [5.41, 5.74) is 0.847. The maximum atomic E-state index is 13.9. The molecule has 2 nitrogen and oxygen atoms in total. The van der Waals surface area contributed by atoms with Crippen molar-refractivity contribution in [1.82, 2.24) is 0 Å².